The average molecular weight is 352 g/mol. The number of nitrogens with zero attached hydrogens (tertiary/aromatic N) is 2. The van der Waals surface area contributed by atoms with Gasteiger partial charge in [-0.3, -0.25) is 0 Å². The van der Waals surface area contributed by atoms with Gasteiger partial charge in [0.15, 0.2) is 12.4 Å². The van der Waals surface area contributed by atoms with Crippen molar-refractivity contribution in [1.82, 2.24) is 4.57 Å². The van der Waals surface area contributed by atoms with E-state index in [1.54, 1.807) is 0 Å². The molecule has 1 aromatic carbocycles. The quantitative estimate of drug-likeness (QED) is 0.458. The van der Waals surface area contributed by atoms with E-state index in [9.17, 15) is 0 Å². The second kappa shape index (κ2) is 5.26. The molecule has 2 heterocycles. The van der Waals surface area contributed by atoms with Crippen LogP contribution in [0.25, 0.3) is 21.8 Å². The molecule has 0 aliphatic carbocycles. The van der Waals surface area contributed by atoms with Gasteiger partial charge in [0.05, 0.1) is 0 Å². The highest BCUT2D eigenvalue weighted by molar-refractivity contribution is 6.07. The summed E-state index contributed by atoms with van der Waals surface area (Å²) >= 11 is 0. The molecule has 2 aromatic heterocycles. The standard InChI is InChI=1S/C15H17N2.HI/c1-3-16-10-9-13-12-7-5-6-8-14(12)17(4-2)15(13)11-16;/h5-11H,3-4H2,1-2H3;1H/q+1;/p-1. The van der Waals surface area contributed by atoms with Crippen LogP contribution in [0.15, 0.2) is 42.7 Å². The largest absolute Gasteiger partial charge is 1.00 e. The second-order valence-corrected chi connectivity index (χ2v) is 4.34. The summed E-state index contributed by atoms with van der Waals surface area (Å²) in [5, 5.41) is 2.71. The fraction of sp³-hybridized carbons (Fsp3) is 0.267. The Kier molecular flexibility index (Phi) is 3.90. The molecule has 0 aliphatic rings. The molecule has 3 aromatic rings. The molecule has 0 saturated heterocycles. The van der Waals surface area contributed by atoms with Crippen LogP contribution in [0.2, 0.25) is 0 Å². The van der Waals surface area contributed by atoms with Crippen molar-refractivity contribution < 1.29 is 28.5 Å². The average Bonchev–Trinajstić information content (AvgIpc) is 2.71. The molecule has 3 heteroatoms. The van der Waals surface area contributed by atoms with Gasteiger partial charge in [-0.2, -0.15) is 0 Å². The van der Waals surface area contributed by atoms with Crippen LogP contribution in [0.1, 0.15) is 13.8 Å². The van der Waals surface area contributed by atoms with E-state index in [1.165, 1.54) is 21.8 Å². The summed E-state index contributed by atoms with van der Waals surface area (Å²) in [5.74, 6) is 0. The number of aryl methyl sites for hydroxylation is 2. The molecular formula is C15H17IN2. The minimum absolute atomic E-state index is 0. The fourth-order valence-corrected chi connectivity index (χ4v) is 2.57. The Morgan fingerprint density at radius 2 is 1.72 bits per heavy atom. The van der Waals surface area contributed by atoms with E-state index in [0.29, 0.717) is 0 Å². The van der Waals surface area contributed by atoms with Gasteiger partial charge in [-0.05, 0) is 19.9 Å². The monoisotopic (exact) mass is 352 g/mol. The van der Waals surface area contributed by atoms with Crippen molar-refractivity contribution in [1.29, 1.82) is 0 Å². The lowest BCUT2D eigenvalue weighted by Crippen LogP contribution is -3.00. The molecule has 2 nitrogen and oxygen atoms in total. The van der Waals surface area contributed by atoms with Crippen molar-refractivity contribution in [3.63, 3.8) is 0 Å². The zero-order valence-corrected chi connectivity index (χ0v) is 12.9. The lowest BCUT2D eigenvalue weighted by molar-refractivity contribution is -0.692. The predicted octanol–water partition coefficient (Wildman–Crippen LogP) is 0.126. The molecule has 0 amide bonds. The maximum atomic E-state index is 2.39. The molecule has 0 saturated carbocycles. The Morgan fingerprint density at radius 1 is 1.00 bits per heavy atom. The Morgan fingerprint density at radius 3 is 2.44 bits per heavy atom. The highest BCUT2D eigenvalue weighted by Gasteiger charge is 2.11. The van der Waals surface area contributed by atoms with Crippen LogP contribution in [0.5, 0.6) is 0 Å². The number of fused-ring (bicyclic) bond motifs is 3. The molecule has 0 aliphatic heterocycles. The minimum atomic E-state index is 0. The Labute approximate surface area is 124 Å². The first kappa shape index (κ1) is 13.3. The number of hydrogen-bond acceptors (Lipinski definition) is 0. The summed E-state index contributed by atoms with van der Waals surface area (Å²) in [4.78, 5) is 0. The van der Waals surface area contributed by atoms with Crippen LogP contribution in [0.4, 0.5) is 0 Å². The summed E-state index contributed by atoms with van der Waals surface area (Å²) < 4.78 is 4.62. The smallest absolute Gasteiger partial charge is 0.193 e. The highest BCUT2D eigenvalue weighted by atomic mass is 127. The normalized spacial score (nSPS) is 10.8. The highest BCUT2D eigenvalue weighted by Crippen LogP contribution is 2.27. The van der Waals surface area contributed by atoms with Gasteiger partial charge < -0.3 is 28.5 Å². The first-order valence-corrected chi connectivity index (χ1v) is 6.25. The van der Waals surface area contributed by atoms with Gasteiger partial charge in [-0.15, -0.1) is 0 Å². The maximum Gasteiger partial charge on any atom is 0.193 e. The van der Waals surface area contributed by atoms with E-state index >= 15 is 0 Å². The van der Waals surface area contributed by atoms with E-state index in [0.717, 1.165) is 13.1 Å². The zero-order chi connectivity index (χ0) is 11.8. The van der Waals surface area contributed by atoms with Crippen molar-refractivity contribution in [2.75, 3.05) is 0 Å². The summed E-state index contributed by atoms with van der Waals surface area (Å²) in [6, 6.07) is 10.9. The first-order chi connectivity index (χ1) is 8.35. The minimum Gasteiger partial charge on any atom is -1.00 e. The maximum absolute atomic E-state index is 2.39. The SMILES string of the molecule is CCn1c2ccccc2c2cc[n+](CC)cc21.[I-]. The summed E-state index contributed by atoms with van der Waals surface area (Å²) in [6.07, 6.45) is 4.41. The molecule has 94 valence electrons. The molecule has 0 fully saturated rings. The van der Waals surface area contributed by atoms with Crippen LogP contribution < -0.4 is 28.5 Å². The molecule has 3 rings (SSSR count). The molecule has 0 N–H and O–H groups in total. The second-order valence-electron chi connectivity index (χ2n) is 4.34. The molecule has 0 radical (unpaired) electrons. The molecule has 0 bridgehead atoms. The third-order valence-corrected chi connectivity index (χ3v) is 3.45. The number of hydrogen-bond donors (Lipinski definition) is 0. The zero-order valence-electron chi connectivity index (χ0n) is 10.7. The number of para-hydroxylation sites is 1. The van der Waals surface area contributed by atoms with E-state index < -0.39 is 0 Å². The van der Waals surface area contributed by atoms with Crippen LogP contribution >= 0.6 is 0 Å². The van der Waals surface area contributed by atoms with Crippen molar-refractivity contribution in [2.45, 2.75) is 26.9 Å². The van der Waals surface area contributed by atoms with Gasteiger partial charge in [0.25, 0.3) is 0 Å². The van der Waals surface area contributed by atoms with Gasteiger partial charge in [0.2, 0.25) is 0 Å². The summed E-state index contributed by atoms with van der Waals surface area (Å²) in [7, 11) is 0. The van der Waals surface area contributed by atoms with Crippen LogP contribution in [0, 0.1) is 0 Å². The predicted molar refractivity (Wildman–Crippen MR) is 71.0 cm³/mol. The Balaban J connectivity index is 0.00000120. The molecular weight excluding hydrogens is 335 g/mol. The Bertz CT molecular complexity index is 685. The van der Waals surface area contributed by atoms with Gasteiger partial charge in [-0.25, -0.2) is 4.57 Å². The number of benzene rings is 1. The lowest BCUT2D eigenvalue weighted by Gasteiger charge is -2.01. The topological polar surface area (TPSA) is 8.81 Å². The van der Waals surface area contributed by atoms with Crippen molar-refractivity contribution >= 4 is 21.8 Å². The van der Waals surface area contributed by atoms with E-state index in [4.69, 9.17) is 0 Å². The molecule has 0 atom stereocenters. The van der Waals surface area contributed by atoms with Gasteiger partial charge in [0, 0.05) is 28.9 Å². The fourth-order valence-electron chi connectivity index (χ4n) is 2.57. The summed E-state index contributed by atoms with van der Waals surface area (Å²) in [5.41, 5.74) is 2.66. The third-order valence-electron chi connectivity index (χ3n) is 3.45. The number of aromatic nitrogens is 2. The van der Waals surface area contributed by atoms with Crippen molar-refractivity contribution in [3.8, 4) is 0 Å². The van der Waals surface area contributed by atoms with E-state index in [1.807, 2.05) is 0 Å². The van der Waals surface area contributed by atoms with Crippen LogP contribution in [0.3, 0.4) is 0 Å². The Hall–Kier alpha value is -1.10. The van der Waals surface area contributed by atoms with Gasteiger partial charge in [0.1, 0.15) is 12.1 Å². The first-order valence-electron chi connectivity index (χ1n) is 6.25. The molecule has 18 heavy (non-hydrogen) atoms. The summed E-state index contributed by atoms with van der Waals surface area (Å²) in [6.45, 7) is 6.40. The lowest BCUT2D eigenvalue weighted by atomic mass is 10.2. The van der Waals surface area contributed by atoms with E-state index in [2.05, 4.69) is 65.7 Å². The van der Waals surface area contributed by atoms with Crippen LogP contribution in [-0.4, -0.2) is 4.57 Å². The third kappa shape index (κ3) is 1.90. The van der Waals surface area contributed by atoms with Gasteiger partial charge >= 0.3 is 0 Å². The molecule has 0 unspecified atom stereocenters. The number of rotatable bonds is 2. The number of halogens is 1. The number of pyridine rings is 1. The van der Waals surface area contributed by atoms with Crippen molar-refractivity contribution in [2.24, 2.45) is 0 Å². The molecule has 0 spiro atoms. The van der Waals surface area contributed by atoms with E-state index in [-0.39, 0.29) is 24.0 Å². The van der Waals surface area contributed by atoms with Crippen molar-refractivity contribution in [3.05, 3.63) is 42.7 Å². The van der Waals surface area contributed by atoms with Crippen LogP contribution in [-0.2, 0) is 13.1 Å². The van der Waals surface area contributed by atoms with Gasteiger partial charge in [-0.1, -0.05) is 18.2 Å².